The molecule has 0 fully saturated rings. The minimum atomic E-state index is -3.61. The van der Waals surface area contributed by atoms with Gasteiger partial charge in [-0.1, -0.05) is 23.9 Å². The summed E-state index contributed by atoms with van der Waals surface area (Å²) >= 11 is 1.51. The Morgan fingerprint density at radius 2 is 2.00 bits per heavy atom. The summed E-state index contributed by atoms with van der Waals surface area (Å²) < 4.78 is 22.1. The number of aromatic nitrogens is 3. The van der Waals surface area contributed by atoms with Crippen LogP contribution in [0.25, 0.3) is 0 Å². The van der Waals surface area contributed by atoms with Crippen LogP contribution >= 0.6 is 11.8 Å². The molecular weight excluding hydrogens is 260 g/mol. The predicted molar refractivity (Wildman–Crippen MR) is 63.8 cm³/mol. The second-order valence-electron chi connectivity index (χ2n) is 3.29. The predicted octanol–water partition coefficient (Wildman–Crippen LogP) is 0.744. The van der Waals surface area contributed by atoms with Gasteiger partial charge in [-0.15, -0.1) is 5.10 Å². The van der Waals surface area contributed by atoms with E-state index >= 15 is 0 Å². The maximum Gasteiger partial charge on any atom is 0.238 e. The third-order valence-electron chi connectivity index (χ3n) is 2.03. The third-order valence-corrected chi connectivity index (χ3v) is 3.93. The normalized spacial score (nSPS) is 11.6. The monoisotopic (exact) mass is 270 g/mol. The van der Waals surface area contributed by atoms with Gasteiger partial charge in [0.15, 0.2) is 0 Å². The molecule has 0 aliphatic heterocycles. The van der Waals surface area contributed by atoms with E-state index in [1.807, 2.05) is 0 Å². The number of primary sulfonamides is 1. The Morgan fingerprint density at radius 3 is 2.53 bits per heavy atom. The van der Waals surface area contributed by atoms with Gasteiger partial charge in [0, 0.05) is 5.75 Å². The fraction of sp³-hybridized carbons (Fsp3) is 0.111. The van der Waals surface area contributed by atoms with Crippen LogP contribution in [-0.4, -0.2) is 23.8 Å². The Kier molecular flexibility index (Phi) is 3.46. The van der Waals surface area contributed by atoms with Crippen molar-refractivity contribution in [3.05, 3.63) is 36.0 Å². The molecule has 0 saturated heterocycles. The highest BCUT2D eigenvalue weighted by atomic mass is 32.2. The van der Waals surface area contributed by atoms with Crippen molar-refractivity contribution in [2.45, 2.75) is 15.7 Å². The molecule has 0 bridgehead atoms. The molecule has 17 heavy (non-hydrogen) atoms. The standard InChI is InChI=1S/C9H10N4O2S2/c10-17(14,15)8-3-1-7(2-4-8)6-16-9-5-11-13-12-9/h1-5H,6H2,(H2,10,14,15)(H,11,12,13). The maximum atomic E-state index is 11.0. The van der Waals surface area contributed by atoms with Crippen molar-refractivity contribution < 1.29 is 8.42 Å². The Labute approximate surface area is 103 Å². The Hall–Kier alpha value is -1.38. The minimum Gasteiger partial charge on any atom is -0.225 e. The molecule has 0 radical (unpaired) electrons. The first-order chi connectivity index (χ1) is 8.05. The van der Waals surface area contributed by atoms with Crippen LogP contribution in [0.2, 0.25) is 0 Å². The van der Waals surface area contributed by atoms with Gasteiger partial charge in [-0.05, 0) is 17.7 Å². The quantitative estimate of drug-likeness (QED) is 0.798. The molecule has 0 aliphatic rings. The molecule has 3 N–H and O–H groups in total. The summed E-state index contributed by atoms with van der Waals surface area (Å²) in [5, 5.41) is 15.9. The summed E-state index contributed by atoms with van der Waals surface area (Å²) in [4.78, 5) is 0.118. The van der Waals surface area contributed by atoms with Gasteiger partial charge in [-0.2, -0.15) is 10.3 Å². The van der Waals surface area contributed by atoms with Crippen LogP contribution < -0.4 is 5.14 Å². The first-order valence-corrected chi connectivity index (χ1v) is 7.19. The van der Waals surface area contributed by atoms with Gasteiger partial charge in [-0.3, -0.25) is 0 Å². The zero-order valence-electron chi connectivity index (χ0n) is 8.70. The lowest BCUT2D eigenvalue weighted by Crippen LogP contribution is -2.11. The van der Waals surface area contributed by atoms with Crippen molar-refractivity contribution in [2.75, 3.05) is 0 Å². The molecule has 8 heteroatoms. The van der Waals surface area contributed by atoms with Gasteiger partial charge in [0.05, 0.1) is 11.1 Å². The zero-order chi connectivity index (χ0) is 12.3. The highest BCUT2D eigenvalue weighted by Gasteiger charge is 2.06. The van der Waals surface area contributed by atoms with E-state index in [1.165, 1.54) is 23.9 Å². The van der Waals surface area contributed by atoms with E-state index in [0.29, 0.717) is 5.75 Å². The fourth-order valence-electron chi connectivity index (χ4n) is 1.19. The van der Waals surface area contributed by atoms with Gasteiger partial charge >= 0.3 is 0 Å². The molecule has 1 aromatic heterocycles. The van der Waals surface area contributed by atoms with Crippen LogP contribution in [0.4, 0.5) is 0 Å². The topological polar surface area (TPSA) is 102 Å². The summed E-state index contributed by atoms with van der Waals surface area (Å²) in [6, 6.07) is 6.45. The minimum absolute atomic E-state index is 0.118. The summed E-state index contributed by atoms with van der Waals surface area (Å²) in [5.41, 5.74) is 0.991. The summed E-state index contributed by atoms with van der Waals surface area (Å²) in [5.74, 6) is 0.692. The van der Waals surface area contributed by atoms with Crippen LogP contribution in [0, 0.1) is 0 Å². The molecule has 1 heterocycles. The Balaban J connectivity index is 2.04. The van der Waals surface area contributed by atoms with Gasteiger partial charge in [0.2, 0.25) is 10.0 Å². The number of rotatable bonds is 4. The summed E-state index contributed by atoms with van der Waals surface area (Å²) in [7, 11) is -3.61. The zero-order valence-corrected chi connectivity index (χ0v) is 10.3. The number of nitrogens with two attached hydrogens (primary N) is 1. The molecule has 0 spiro atoms. The smallest absolute Gasteiger partial charge is 0.225 e. The number of hydrogen-bond acceptors (Lipinski definition) is 5. The van der Waals surface area contributed by atoms with Crippen LogP contribution in [-0.2, 0) is 15.8 Å². The van der Waals surface area contributed by atoms with Crippen molar-refractivity contribution in [1.29, 1.82) is 0 Å². The van der Waals surface area contributed by atoms with Crippen molar-refractivity contribution in [2.24, 2.45) is 5.14 Å². The molecule has 2 aromatic rings. The first-order valence-electron chi connectivity index (χ1n) is 4.66. The SMILES string of the molecule is NS(=O)(=O)c1ccc(CSc2cn[nH]n2)cc1. The van der Waals surface area contributed by atoms with E-state index in [2.05, 4.69) is 15.4 Å². The number of hydrogen-bond donors (Lipinski definition) is 2. The molecule has 0 unspecified atom stereocenters. The highest BCUT2D eigenvalue weighted by Crippen LogP contribution is 2.20. The average Bonchev–Trinajstić information content (AvgIpc) is 2.78. The van der Waals surface area contributed by atoms with E-state index in [0.717, 1.165) is 10.6 Å². The second kappa shape index (κ2) is 4.86. The molecule has 1 aromatic carbocycles. The van der Waals surface area contributed by atoms with E-state index in [4.69, 9.17) is 5.14 Å². The van der Waals surface area contributed by atoms with Crippen molar-refractivity contribution in [1.82, 2.24) is 15.4 Å². The van der Waals surface area contributed by atoms with Crippen LogP contribution in [0.5, 0.6) is 0 Å². The number of benzene rings is 1. The number of thioether (sulfide) groups is 1. The summed E-state index contributed by atoms with van der Waals surface area (Å²) in [6.07, 6.45) is 1.63. The van der Waals surface area contributed by atoms with Crippen LogP contribution in [0.15, 0.2) is 40.4 Å². The molecule has 0 saturated carbocycles. The molecule has 6 nitrogen and oxygen atoms in total. The Morgan fingerprint density at radius 1 is 1.29 bits per heavy atom. The van der Waals surface area contributed by atoms with E-state index in [1.54, 1.807) is 18.3 Å². The summed E-state index contributed by atoms with van der Waals surface area (Å²) in [6.45, 7) is 0. The molecule has 0 aliphatic carbocycles. The molecule has 2 rings (SSSR count). The van der Waals surface area contributed by atoms with Gasteiger partial charge in [-0.25, -0.2) is 13.6 Å². The van der Waals surface area contributed by atoms with Crippen molar-refractivity contribution in [3.8, 4) is 0 Å². The maximum absolute atomic E-state index is 11.0. The van der Waals surface area contributed by atoms with Gasteiger partial charge in [0.1, 0.15) is 5.03 Å². The van der Waals surface area contributed by atoms with Gasteiger partial charge in [0.25, 0.3) is 0 Å². The lowest BCUT2D eigenvalue weighted by atomic mass is 10.2. The first kappa shape index (κ1) is 12.1. The van der Waals surface area contributed by atoms with Crippen LogP contribution in [0.1, 0.15) is 5.56 Å². The number of nitrogens with zero attached hydrogens (tertiary/aromatic N) is 2. The van der Waals surface area contributed by atoms with E-state index in [-0.39, 0.29) is 4.90 Å². The average molecular weight is 270 g/mol. The van der Waals surface area contributed by atoms with E-state index in [9.17, 15) is 8.42 Å². The number of nitrogens with one attached hydrogen (secondary N) is 1. The lowest BCUT2D eigenvalue weighted by Gasteiger charge is -2.01. The molecule has 0 atom stereocenters. The van der Waals surface area contributed by atoms with E-state index < -0.39 is 10.0 Å². The van der Waals surface area contributed by atoms with Crippen LogP contribution in [0.3, 0.4) is 0 Å². The van der Waals surface area contributed by atoms with Crippen molar-refractivity contribution >= 4 is 21.8 Å². The molecule has 90 valence electrons. The second-order valence-corrected chi connectivity index (χ2v) is 5.84. The largest absolute Gasteiger partial charge is 0.238 e. The fourth-order valence-corrected chi connectivity index (χ4v) is 2.45. The number of sulfonamides is 1. The highest BCUT2D eigenvalue weighted by molar-refractivity contribution is 7.98. The third kappa shape index (κ3) is 3.29. The lowest BCUT2D eigenvalue weighted by molar-refractivity contribution is 0.598. The van der Waals surface area contributed by atoms with Gasteiger partial charge < -0.3 is 0 Å². The number of aromatic amines is 1. The van der Waals surface area contributed by atoms with Crippen molar-refractivity contribution in [3.63, 3.8) is 0 Å². The Bertz CT molecular complexity index is 578. The molecular formula is C9H10N4O2S2. The number of H-pyrrole nitrogens is 1. The molecule has 0 amide bonds.